The predicted octanol–water partition coefficient (Wildman–Crippen LogP) is 5.03. The van der Waals surface area contributed by atoms with Crippen LogP contribution in [0.2, 0.25) is 5.02 Å². The molecule has 0 spiro atoms. The number of nitrogens with zero attached hydrogens (tertiary/aromatic N) is 2. The van der Waals surface area contributed by atoms with Crippen LogP contribution in [0.1, 0.15) is 20.7 Å². The summed E-state index contributed by atoms with van der Waals surface area (Å²) in [4.78, 5) is 29.2. The molecule has 9 heteroatoms. The minimum atomic E-state index is -0.251. The van der Waals surface area contributed by atoms with E-state index in [2.05, 4.69) is 38.1 Å². The summed E-state index contributed by atoms with van der Waals surface area (Å²) in [5.74, 6) is -0.227. The average molecular weight is 605 g/mol. The van der Waals surface area contributed by atoms with Crippen molar-refractivity contribution >= 4 is 74.7 Å². The molecule has 2 N–H and O–H groups in total. The van der Waals surface area contributed by atoms with E-state index in [1.54, 1.807) is 36.4 Å². The second-order valence-electron chi connectivity index (χ2n) is 7.75. The molecule has 1 fully saturated rings. The Kier molecular flexibility index (Phi) is 8.02. The van der Waals surface area contributed by atoms with Gasteiger partial charge in [0.25, 0.3) is 11.8 Å². The standard InChI is InChI=1S/C25H22ClIN4O2S/c26-19-6-4-17(5-7-19)24(33)31-14-12-30(13-15-31)22-10-8-21(9-11-22)28-25(34)29-23(32)18-2-1-3-20(27)16-18/h1-11,16H,12-15H2,(H2,28,29,32,34). The van der Waals surface area contributed by atoms with Crippen LogP contribution in [-0.2, 0) is 0 Å². The fraction of sp³-hybridized carbons (Fsp3) is 0.160. The lowest BCUT2D eigenvalue weighted by molar-refractivity contribution is 0.0746. The quantitative estimate of drug-likeness (QED) is 0.323. The number of anilines is 2. The number of halogens is 2. The minimum Gasteiger partial charge on any atom is -0.368 e. The first-order valence-corrected chi connectivity index (χ1v) is 12.5. The summed E-state index contributed by atoms with van der Waals surface area (Å²) in [7, 11) is 0. The lowest BCUT2D eigenvalue weighted by atomic mass is 10.1. The van der Waals surface area contributed by atoms with Crippen molar-refractivity contribution < 1.29 is 9.59 Å². The zero-order chi connectivity index (χ0) is 24.1. The topological polar surface area (TPSA) is 64.7 Å². The molecule has 3 aromatic carbocycles. The highest BCUT2D eigenvalue weighted by Gasteiger charge is 2.22. The van der Waals surface area contributed by atoms with Gasteiger partial charge in [-0.1, -0.05) is 17.7 Å². The Morgan fingerprint density at radius 2 is 1.56 bits per heavy atom. The molecule has 0 aromatic heterocycles. The molecule has 174 valence electrons. The van der Waals surface area contributed by atoms with Crippen LogP contribution in [0.3, 0.4) is 0 Å². The van der Waals surface area contributed by atoms with Crippen molar-refractivity contribution in [2.75, 3.05) is 36.4 Å². The molecule has 0 unspecified atom stereocenters. The molecule has 0 radical (unpaired) electrons. The third-order valence-corrected chi connectivity index (χ3v) is 6.59. The molecule has 1 aliphatic heterocycles. The number of carbonyl (C=O) groups is 2. The summed E-state index contributed by atoms with van der Waals surface area (Å²) in [5, 5.41) is 6.61. The van der Waals surface area contributed by atoms with Gasteiger partial charge < -0.3 is 15.1 Å². The maximum atomic E-state index is 12.7. The Hall–Kier alpha value is -2.69. The van der Waals surface area contributed by atoms with Crippen LogP contribution in [0.25, 0.3) is 0 Å². The molecule has 0 saturated carbocycles. The first-order chi connectivity index (χ1) is 16.4. The van der Waals surface area contributed by atoms with Gasteiger partial charge in [-0.05, 0) is 102 Å². The molecule has 4 rings (SSSR count). The average Bonchev–Trinajstić information content (AvgIpc) is 2.84. The van der Waals surface area contributed by atoms with E-state index >= 15 is 0 Å². The lowest BCUT2D eigenvalue weighted by Crippen LogP contribution is -2.48. The number of amides is 2. The van der Waals surface area contributed by atoms with Gasteiger partial charge in [-0.3, -0.25) is 14.9 Å². The Morgan fingerprint density at radius 1 is 0.882 bits per heavy atom. The Morgan fingerprint density at radius 3 is 2.21 bits per heavy atom. The largest absolute Gasteiger partial charge is 0.368 e. The molecule has 34 heavy (non-hydrogen) atoms. The summed E-state index contributed by atoms with van der Waals surface area (Å²) < 4.78 is 0.981. The number of carbonyl (C=O) groups excluding carboxylic acids is 2. The van der Waals surface area contributed by atoms with Crippen LogP contribution in [0.4, 0.5) is 11.4 Å². The monoisotopic (exact) mass is 604 g/mol. The van der Waals surface area contributed by atoms with Crippen molar-refractivity contribution in [3.8, 4) is 0 Å². The van der Waals surface area contributed by atoms with Crippen LogP contribution < -0.4 is 15.5 Å². The second kappa shape index (κ2) is 11.2. The van der Waals surface area contributed by atoms with Gasteiger partial charge in [-0.2, -0.15) is 0 Å². The van der Waals surface area contributed by atoms with Gasteiger partial charge in [-0.15, -0.1) is 0 Å². The van der Waals surface area contributed by atoms with Crippen molar-refractivity contribution in [1.29, 1.82) is 0 Å². The van der Waals surface area contributed by atoms with Crippen molar-refractivity contribution in [2.24, 2.45) is 0 Å². The van der Waals surface area contributed by atoms with E-state index < -0.39 is 0 Å². The molecule has 6 nitrogen and oxygen atoms in total. The zero-order valence-corrected chi connectivity index (χ0v) is 21.9. The molecule has 2 amide bonds. The number of benzene rings is 3. The smallest absolute Gasteiger partial charge is 0.257 e. The summed E-state index contributed by atoms with van der Waals surface area (Å²) in [6.07, 6.45) is 0. The number of piperazine rings is 1. The van der Waals surface area contributed by atoms with Gasteiger partial charge >= 0.3 is 0 Å². The Bertz CT molecular complexity index is 1200. The lowest BCUT2D eigenvalue weighted by Gasteiger charge is -2.36. The highest BCUT2D eigenvalue weighted by Crippen LogP contribution is 2.21. The maximum absolute atomic E-state index is 12.7. The molecule has 0 atom stereocenters. The Labute approximate surface area is 222 Å². The number of thiocarbonyl (C=S) groups is 1. The number of hydrogen-bond donors (Lipinski definition) is 2. The SMILES string of the molecule is O=C(NC(=S)Nc1ccc(N2CCN(C(=O)c3ccc(Cl)cc3)CC2)cc1)c1cccc(I)c1. The van der Waals surface area contributed by atoms with E-state index in [9.17, 15) is 9.59 Å². The molecule has 1 heterocycles. The van der Waals surface area contributed by atoms with Crippen LogP contribution in [-0.4, -0.2) is 48.0 Å². The van der Waals surface area contributed by atoms with Crippen LogP contribution in [0.5, 0.6) is 0 Å². The third kappa shape index (κ3) is 6.25. The van der Waals surface area contributed by atoms with Gasteiger partial charge in [0.2, 0.25) is 0 Å². The van der Waals surface area contributed by atoms with Gasteiger partial charge in [0, 0.05) is 57.3 Å². The van der Waals surface area contributed by atoms with Crippen molar-refractivity contribution in [2.45, 2.75) is 0 Å². The fourth-order valence-corrected chi connectivity index (χ4v) is 4.55. The molecular weight excluding hydrogens is 583 g/mol. The number of nitrogens with one attached hydrogen (secondary N) is 2. The van der Waals surface area contributed by atoms with E-state index in [1.165, 1.54) is 0 Å². The van der Waals surface area contributed by atoms with Gasteiger partial charge in [0.15, 0.2) is 5.11 Å². The minimum absolute atomic E-state index is 0.0247. The molecule has 1 aliphatic rings. The molecule has 3 aromatic rings. The summed E-state index contributed by atoms with van der Waals surface area (Å²) in [5.41, 5.74) is 3.06. The molecule has 0 aliphatic carbocycles. The van der Waals surface area contributed by atoms with Gasteiger partial charge in [-0.25, -0.2) is 0 Å². The summed E-state index contributed by atoms with van der Waals surface area (Å²) in [6.45, 7) is 2.79. The van der Waals surface area contributed by atoms with Gasteiger partial charge in [0.05, 0.1) is 0 Å². The fourth-order valence-electron chi connectivity index (χ4n) is 3.67. The van der Waals surface area contributed by atoms with Crippen LogP contribution in [0, 0.1) is 3.57 Å². The van der Waals surface area contributed by atoms with E-state index in [0.29, 0.717) is 29.2 Å². The molecule has 1 saturated heterocycles. The van der Waals surface area contributed by atoms with Crippen molar-refractivity contribution in [3.63, 3.8) is 0 Å². The molecular formula is C25H22ClIN4O2S. The maximum Gasteiger partial charge on any atom is 0.257 e. The van der Waals surface area contributed by atoms with Crippen LogP contribution >= 0.6 is 46.4 Å². The number of hydrogen-bond acceptors (Lipinski definition) is 4. The normalized spacial score (nSPS) is 13.4. The van der Waals surface area contributed by atoms with Crippen molar-refractivity contribution in [3.05, 3.63) is 92.5 Å². The third-order valence-electron chi connectivity index (χ3n) is 5.46. The van der Waals surface area contributed by atoms with E-state index in [-0.39, 0.29) is 16.9 Å². The highest BCUT2D eigenvalue weighted by atomic mass is 127. The van der Waals surface area contributed by atoms with E-state index in [1.807, 2.05) is 41.3 Å². The first kappa shape index (κ1) is 24.4. The summed E-state index contributed by atoms with van der Waals surface area (Å²) in [6, 6.07) is 22.1. The van der Waals surface area contributed by atoms with E-state index in [0.717, 1.165) is 28.0 Å². The number of rotatable bonds is 4. The predicted molar refractivity (Wildman–Crippen MR) is 149 cm³/mol. The molecule has 0 bridgehead atoms. The van der Waals surface area contributed by atoms with Crippen LogP contribution in [0.15, 0.2) is 72.8 Å². The van der Waals surface area contributed by atoms with Gasteiger partial charge in [0.1, 0.15) is 0 Å². The Balaban J connectivity index is 1.28. The second-order valence-corrected chi connectivity index (χ2v) is 9.84. The van der Waals surface area contributed by atoms with Crippen molar-refractivity contribution in [1.82, 2.24) is 10.2 Å². The first-order valence-electron chi connectivity index (χ1n) is 10.7. The van der Waals surface area contributed by atoms with E-state index in [4.69, 9.17) is 23.8 Å². The summed E-state index contributed by atoms with van der Waals surface area (Å²) >= 11 is 13.4. The highest BCUT2D eigenvalue weighted by molar-refractivity contribution is 14.1. The zero-order valence-electron chi connectivity index (χ0n) is 18.1.